The minimum Gasteiger partial charge on any atom is -0.467 e. The van der Waals surface area contributed by atoms with Gasteiger partial charge in [0.15, 0.2) is 0 Å². The van der Waals surface area contributed by atoms with E-state index >= 15 is 0 Å². The molecule has 0 N–H and O–H groups in total. The number of amides is 1. The Morgan fingerprint density at radius 3 is 2.68 bits per heavy atom. The Hall–Kier alpha value is -2.73. The summed E-state index contributed by atoms with van der Waals surface area (Å²) in [5.41, 5.74) is 1.86. The van der Waals surface area contributed by atoms with Crippen molar-refractivity contribution in [3.05, 3.63) is 60.3 Å². The maximum atomic E-state index is 13.2. The molecule has 128 valence electrons. The second-order valence-electron chi connectivity index (χ2n) is 6.10. The Morgan fingerprint density at radius 1 is 1.12 bits per heavy atom. The molecule has 1 amide bonds. The summed E-state index contributed by atoms with van der Waals surface area (Å²) >= 11 is 0. The number of hydrogen-bond donors (Lipinski definition) is 0. The summed E-state index contributed by atoms with van der Waals surface area (Å²) in [6.45, 7) is 1.75. The number of carbonyl (C=O) groups excluding carboxylic acids is 1. The van der Waals surface area contributed by atoms with E-state index in [2.05, 4.69) is 9.97 Å². The lowest BCUT2D eigenvalue weighted by atomic mass is 10.1. The summed E-state index contributed by atoms with van der Waals surface area (Å²) in [5, 5.41) is 0. The summed E-state index contributed by atoms with van der Waals surface area (Å²) in [6, 6.07) is 11.4. The maximum Gasteiger partial charge on any atom is 0.274 e. The van der Waals surface area contributed by atoms with E-state index in [1.54, 1.807) is 12.5 Å². The summed E-state index contributed by atoms with van der Waals surface area (Å²) in [7, 11) is 0. The van der Waals surface area contributed by atoms with Crippen molar-refractivity contribution in [2.45, 2.75) is 25.4 Å². The Labute approximate surface area is 145 Å². The molecule has 6 heteroatoms. The van der Waals surface area contributed by atoms with Crippen molar-refractivity contribution in [2.24, 2.45) is 0 Å². The minimum absolute atomic E-state index is 0.111. The van der Waals surface area contributed by atoms with Crippen molar-refractivity contribution in [3.63, 3.8) is 0 Å². The molecule has 3 heterocycles. The molecular weight excluding hydrogens is 318 g/mol. The summed E-state index contributed by atoms with van der Waals surface area (Å²) < 4.78 is 10.9. The van der Waals surface area contributed by atoms with Gasteiger partial charge in [-0.05, 0) is 37.1 Å². The van der Waals surface area contributed by atoms with Crippen LogP contribution in [0.4, 0.5) is 0 Å². The fraction of sp³-hybridized carbons (Fsp3) is 0.316. The van der Waals surface area contributed by atoms with E-state index in [-0.39, 0.29) is 11.9 Å². The first-order valence-electron chi connectivity index (χ1n) is 8.44. The van der Waals surface area contributed by atoms with Crippen LogP contribution in [0.25, 0.3) is 11.0 Å². The Morgan fingerprint density at radius 2 is 1.92 bits per heavy atom. The summed E-state index contributed by atoms with van der Waals surface area (Å²) in [4.78, 5) is 23.9. The molecule has 1 aliphatic rings. The first kappa shape index (κ1) is 15.8. The van der Waals surface area contributed by atoms with Crippen LogP contribution in [-0.4, -0.2) is 40.0 Å². The van der Waals surface area contributed by atoms with Gasteiger partial charge in [0.1, 0.15) is 11.5 Å². The molecule has 1 fully saturated rings. The molecule has 1 saturated heterocycles. The third-order valence-corrected chi connectivity index (χ3v) is 4.47. The lowest BCUT2D eigenvalue weighted by Crippen LogP contribution is -2.43. The van der Waals surface area contributed by atoms with Crippen LogP contribution in [0.1, 0.15) is 29.1 Å². The molecule has 4 rings (SSSR count). The highest BCUT2D eigenvalue weighted by Gasteiger charge is 2.28. The van der Waals surface area contributed by atoms with Gasteiger partial charge in [0, 0.05) is 19.3 Å². The lowest BCUT2D eigenvalue weighted by Gasteiger charge is -2.33. The number of benzene rings is 1. The highest BCUT2D eigenvalue weighted by molar-refractivity contribution is 5.94. The van der Waals surface area contributed by atoms with Gasteiger partial charge in [-0.25, -0.2) is 4.98 Å². The highest BCUT2D eigenvalue weighted by atomic mass is 16.5. The van der Waals surface area contributed by atoms with E-state index in [1.165, 1.54) is 0 Å². The van der Waals surface area contributed by atoms with E-state index in [9.17, 15) is 4.79 Å². The Balaban J connectivity index is 1.65. The number of fused-ring (bicyclic) bond motifs is 1. The average molecular weight is 337 g/mol. The Bertz CT molecular complexity index is 857. The third-order valence-electron chi connectivity index (χ3n) is 4.47. The molecule has 0 aliphatic carbocycles. The quantitative estimate of drug-likeness (QED) is 0.732. The molecule has 3 aromatic rings. The highest BCUT2D eigenvalue weighted by Crippen LogP contribution is 2.20. The van der Waals surface area contributed by atoms with Gasteiger partial charge in [-0.2, -0.15) is 0 Å². The number of aromatic nitrogens is 2. The zero-order valence-electron chi connectivity index (χ0n) is 13.8. The second kappa shape index (κ2) is 7.03. The minimum atomic E-state index is -0.124. The molecule has 6 nitrogen and oxygen atoms in total. The summed E-state index contributed by atoms with van der Waals surface area (Å²) in [5.74, 6) is 0.634. The van der Waals surface area contributed by atoms with E-state index in [4.69, 9.17) is 9.15 Å². The van der Waals surface area contributed by atoms with Gasteiger partial charge >= 0.3 is 0 Å². The van der Waals surface area contributed by atoms with Gasteiger partial charge < -0.3 is 14.1 Å². The van der Waals surface area contributed by atoms with Crippen LogP contribution in [0.5, 0.6) is 0 Å². The summed E-state index contributed by atoms with van der Waals surface area (Å²) in [6.07, 6.45) is 4.80. The van der Waals surface area contributed by atoms with E-state index in [0.29, 0.717) is 25.5 Å². The van der Waals surface area contributed by atoms with Gasteiger partial charge in [0.2, 0.25) is 0 Å². The fourth-order valence-electron chi connectivity index (χ4n) is 3.14. The van der Waals surface area contributed by atoms with Gasteiger partial charge in [0.25, 0.3) is 5.91 Å². The number of rotatable bonds is 4. The van der Waals surface area contributed by atoms with E-state index in [1.807, 2.05) is 41.3 Å². The van der Waals surface area contributed by atoms with Crippen LogP contribution in [-0.2, 0) is 11.3 Å². The molecule has 1 aromatic carbocycles. The van der Waals surface area contributed by atoms with Gasteiger partial charge in [-0.1, -0.05) is 12.1 Å². The van der Waals surface area contributed by atoms with Crippen molar-refractivity contribution in [1.82, 2.24) is 14.9 Å². The van der Waals surface area contributed by atoms with Crippen LogP contribution in [0.15, 0.2) is 53.3 Å². The van der Waals surface area contributed by atoms with Crippen LogP contribution in [0, 0.1) is 0 Å². The standard InChI is InChI=1S/C19H19N3O3/c23-19(18-12-20-16-5-1-2-6-17(16)21-18)22(13-15-4-3-9-25-15)14-7-10-24-11-8-14/h1-6,9,12,14H,7-8,10-11,13H2. The molecule has 0 saturated carbocycles. The SMILES string of the molecule is O=C(c1cnc2ccccc2n1)N(Cc1ccco1)C1CCOCC1. The van der Waals surface area contributed by atoms with Crippen molar-refractivity contribution in [3.8, 4) is 0 Å². The predicted octanol–water partition coefficient (Wildman–Crippen LogP) is 3.04. The molecule has 25 heavy (non-hydrogen) atoms. The van der Waals surface area contributed by atoms with Crippen LogP contribution >= 0.6 is 0 Å². The van der Waals surface area contributed by atoms with Gasteiger partial charge in [-0.15, -0.1) is 0 Å². The van der Waals surface area contributed by atoms with Crippen molar-refractivity contribution in [1.29, 1.82) is 0 Å². The molecule has 0 unspecified atom stereocenters. The molecule has 1 aliphatic heterocycles. The molecule has 0 radical (unpaired) electrons. The second-order valence-corrected chi connectivity index (χ2v) is 6.10. The first-order chi connectivity index (χ1) is 12.3. The van der Waals surface area contributed by atoms with Crippen LogP contribution < -0.4 is 0 Å². The van der Waals surface area contributed by atoms with Crippen LogP contribution in [0.3, 0.4) is 0 Å². The largest absolute Gasteiger partial charge is 0.467 e. The average Bonchev–Trinajstić information content (AvgIpc) is 3.19. The zero-order chi connectivity index (χ0) is 17.1. The monoisotopic (exact) mass is 337 g/mol. The predicted molar refractivity (Wildman–Crippen MR) is 92.0 cm³/mol. The van der Waals surface area contributed by atoms with Crippen molar-refractivity contribution >= 4 is 16.9 Å². The number of carbonyl (C=O) groups is 1. The lowest BCUT2D eigenvalue weighted by molar-refractivity contribution is 0.0246. The van der Waals surface area contributed by atoms with Crippen LogP contribution in [0.2, 0.25) is 0 Å². The molecular formula is C19H19N3O3. The smallest absolute Gasteiger partial charge is 0.274 e. The van der Waals surface area contributed by atoms with Gasteiger partial charge in [0.05, 0.1) is 30.0 Å². The molecule has 2 aromatic heterocycles. The fourth-order valence-corrected chi connectivity index (χ4v) is 3.14. The number of hydrogen-bond acceptors (Lipinski definition) is 5. The number of ether oxygens (including phenoxy) is 1. The molecule has 0 atom stereocenters. The van der Waals surface area contributed by atoms with E-state index in [0.717, 1.165) is 29.6 Å². The number of nitrogens with zero attached hydrogens (tertiary/aromatic N) is 3. The van der Waals surface area contributed by atoms with Crippen molar-refractivity contribution < 1.29 is 13.9 Å². The van der Waals surface area contributed by atoms with E-state index < -0.39 is 0 Å². The number of para-hydroxylation sites is 2. The Kier molecular flexibility index (Phi) is 4.43. The molecule has 0 spiro atoms. The topological polar surface area (TPSA) is 68.5 Å². The maximum absolute atomic E-state index is 13.2. The zero-order valence-corrected chi connectivity index (χ0v) is 13.8. The number of furan rings is 1. The van der Waals surface area contributed by atoms with Crippen molar-refractivity contribution in [2.75, 3.05) is 13.2 Å². The first-order valence-corrected chi connectivity index (χ1v) is 8.44. The normalized spacial score (nSPS) is 15.4. The van der Waals surface area contributed by atoms with Gasteiger partial charge in [-0.3, -0.25) is 9.78 Å². The molecule has 0 bridgehead atoms. The third kappa shape index (κ3) is 3.39.